The van der Waals surface area contributed by atoms with Crippen molar-refractivity contribution < 1.29 is 9.13 Å². The van der Waals surface area contributed by atoms with E-state index in [2.05, 4.69) is 5.32 Å². The molecule has 17 heavy (non-hydrogen) atoms. The molecule has 94 valence electrons. The number of halogens is 1. The summed E-state index contributed by atoms with van der Waals surface area (Å²) in [6.45, 7) is 2.57. The standard InChI is InChI=1S/C12H17FN2OS/c1-3-8(7-16-2)15-10-6-4-5-9(13)11(10)12(14)17/h4-6,8,15H,3,7H2,1-2H3,(H2,14,17). The number of rotatable bonds is 6. The average Bonchev–Trinajstić information content (AvgIpc) is 2.28. The van der Waals surface area contributed by atoms with Crippen molar-refractivity contribution in [1.29, 1.82) is 0 Å². The lowest BCUT2D eigenvalue weighted by atomic mass is 10.1. The van der Waals surface area contributed by atoms with Crippen molar-refractivity contribution in [3.05, 3.63) is 29.6 Å². The van der Waals surface area contributed by atoms with E-state index in [1.54, 1.807) is 19.2 Å². The zero-order valence-corrected chi connectivity index (χ0v) is 10.8. The molecule has 1 rings (SSSR count). The Balaban J connectivity index is 2.97. The SMILES string of the molecule is CCC(COC)Nc1cccc(F)c1C(N)=S. The number of nitrogens with two attached hydrogens (primary N) is 1. The lowest BCUT2D eigenvalue weighted by Crippen LogP contribution is -2.26. The minimum Gasteiger partial charge on any atom is -0.389 e. The van der Waals surface area contributed by atoms with Crippen LogP contribution in [0.5, 0.6) is 0 Å². The molecule has 1 unspecified atom stereocenters. The van der Waals surface area contributed by atoms with Crippen LogP contribution in [-0.4, -0.2) is 24.7 Å². The topological polar surface area (TPSA) is 47.3 Å². The molecule has 0 spiro atoms. The summed E-state index contributed by atoms with van der Waals surface area (Å²) in [5.41, 5.74) is 6.40. The fourth-order valence-corrected chi connectivity index (χ4v) is 1.78. The van der Waals surface area contributed by atoms with Crippen LogP contribution < -0.4 is 11.1 Å². The normalized spacial score (nSPS) is 12.2. The first-order chi connectivity index (χ1) is 8.10. The van der Waals surface area contributed by atoms with E-state index in [4.69, 9.17) is 22.7 Å². The summed E-state index contributed by atoms with van der Waals surface area (Å²) in [6, 6.07) is 4.83. The van der Waals surface area contributed by atoms with Gasteiger partial charge >= 0.3 is 0 Å². The van der Waals surface area contributed by atoms with Crippen LogP contribution in [0.2, 0.25) is 0 Å². The fourth-order valence-electron chi connectivity index (χ4n) is 1.58. The third kappa shape index (κ3) is 3.64. The van der Waals surface area contributed by atoms with Crippen molar-refractivity contribution in [3.63, 3.8) is 0 Å². The monoisotopic (exact) mass is 256 g/mol. The lowest BCUT2D eigenvalue weighted by molar-refractivity contribution is 0.184. The number of methoxy groups -OCH3 is 1. The molecule has 0 heterocycles. The van der Waals surface area contributed by atoms with E-state index in [0.29, 0.717) is 12.3 Å². The smallest absolute Gasteiger partial charge is 0.135 e. The Morgan fingerprint density at radius 3 is 2.82 bits per heavy atom. The Morgan fingerprint density at radius 1 is 1.59 bits per heavy atom. The van der Waals surface area contributed by atoms with E-state index in [9.17, 15) is 4.39 Å². The second-order valence-corrected chi connectivity index (χ2v) is 4.17. The highest BCUT2D eigenvalue weighted by molar-refractivity contribution is 7.80. The number of ether oxygens (including phenoxy) is 1. The van der Waals surface area contributed by atoms with E-state index in [-0.39, 0.29) is 16.6 Å². The molecule has 0 fully saturated rings. The molecule has 0 aliphatic heterocycles. The number of nitrogens with one attached hydrogen (secondary N) is 1. The minimum absolute atomic E-state index is 0.0536. The summed E-state index contributed by atoms with van der Waals surface area (Å²) in [4.78, 5) is 0.0536. The summed E-state index contributed by atoms with van der Waals surface area (Å²) < 4.78 is 18.7. The molecular formula is C12H17FN2OS. The third-order valence-corrected chi connectivity index (χ3v) is 2.68. The Labute approximate surface area is 106 Å². The maximum Gasteiger partial charge on any atom is 0.135 e. The number of hydrogen-bond donors (Lipinski definition) is 2. The van der Waals surface area contributed by atoms with Crippen molar-refractivity contribution in [2.45, 2.75) is 19.4 Å². The van der Waals surface area contributed by atoms with Gasteiger partial charge in [-0.1, -0.05) is 25.2 Å². The largest absolute Gasteiger partial charge is 0.389 e. The van der Waals surface area contributed by atoms with Crippen LogP contribution in [0.25, 0.3) is 0 Å². The van der Waals surface area contributed by atoms with Crippen LogP contribution in [0.15, 0.2) is 18.2 Å². The molecule has 0 saturated heterocycles. The Hall–Kier alpha value is -1.20. The second-order valence-electron chi connectivity index (χ2n) is 3.73. The van der Waals surface area contributed by atoms with Crippen molar-refractivity contribution in [2.75, 3.05) is 19.0 Å². The van der Waals surface area contributed by atoms with Crippen LogP contribution in [0, 0.1) is 5.82 Å². The molecule has 5 heteroatoms. The molecule has 0 bridgehead atoms. The Bertz CT molecular complexity index is 398. The first-order valence-electron chi connectivity index (χ1n) is 5.44. The molecule has 1 aromatic carbocycles. The summed E-state index contributed by atoms with van der Waals surface area (Å²) in [6.07, 6.45) is 0.862. The summed E-state index contributed by atoms with van der Waals surface area (Å²) in [5, 5.41) is 3.19. The van der Waals surface area contributed by atoms with Crippen molar-refractivity contribution in [1.82, 2.24) is 0 Å². The molecule has 1 aromatic rings. The third-order valence-electron chi connectivity index (χ3n) is 2.48. The van der Waals surface area contributed by atoms with Gasteiger partial charge in [-0.05, 0) is 18.6 Å². The van der Waals surface area contributed by atoms with Gasteiger partial charge in [-0.25, -0.2) is 4.39 Å². The first kappa shape index (κ1) is 13.9. The van der Waals surface area contributed by atoms with Gasteiger partial charge in [0.25, 0.3) is 0 Å². The van der Waals surface area contributed by atoms with E-state index in [0.717, 1.165) is 6.42 Å². The zero-order valence-electron chi connectivity index (χ0n) is 10.00. The molecule has 3 N–H and O–H groups in total. The molecular weight excluding hydrogens is 239 g/mol. The number of hydrogen-bond acceptors (Lipinski definition) is 3. The van der Waals surface area contributed by atoms with Crippen LogP contribution in [0.4, 0.5) is 10.1 Å². The van der Waals surface area contributed by atoms with Gasteiger partial charge in [-0.3, -0.25) is 0 Å². The van der Waals surface area contributed by atoms with Crippen LogP contribution in [0.3, 0.4) is 0 Å². The predicted octanol–water partition coefficient (Wildman–Crippen LogP) is 2.30. The molecule has 0 aromatic heterocycles. The summed E-state index contributed by atoms with van der Waals surface area (Å²) in [7, 11) is 1.63. The minimum atomic E-state index is -0.408. The van der Waals surface area contributed by atoms with E-state index in [1.807, 2.05) is 6.92 Å². The van der Waals surface area contributed by atoms with Crippen LogP contribution in [-0.2, 0) is 4.74 Å². The summed E-state index contributed by atoms with van der Waals surface area (Å²) >= 11 is 4.86. The first-order valence-corrected chi connectivity index (χ1v) is 5.84. The van der Waals surface area contributed by atoms with E-state index < -0.39 is 5.82 Å². The maximum absolute atomic E-state index is 13.6. The highest BCUT2D eigenvalue weighted by Crippen LogP contribution is 2.20. The van der Waals surface area contributed by atoms with Crippen LogP contribution >= 0.6 is 12.2 Å². The van der Waals surface area contributed by atoms with Gasteiger partial charge in [0.2, 0.25) is 0 Å². The van der Waals surface area contributed by atoms with E-state index >= 15 is 0 Å². The van der Waals surface area contributed by atoms with Gasteiger partial charge < -0.3 is 15.8 Å². The van der Waals surface area contributed by atoms with Crippen molar-refractivity contribution in [2.24, 2.45) is 5.73 Å². The van der Waals surface area contributed by atoms with E-state index in [1.165, 1.54) is 6.07 Å². The maximum atomic E-state index is 13.6. The highest BCUT2D eigenvalue weighted by Gasteiger charge is 2.13. The fraction of sp³-hybridized carbons (Fsp3) is 0.417. The van der Waals surface area contributed by atoms with Crippen LogP contribution in [0.1, 0.15) is 18.9 Å². The highest BCUT2D eigenvalue weighted by atomic mass is 32.1. The molecule has 1 atom stereocenters. The van der Waals surface area contributed by atoms with Gasteiger partial charge in [0.05, 0.1) is 12.2 Å². The molecule has 0 radical (unpaired) electrons. The van der Waals surface area contributed by atoms with Gasteiger partial charge in [0, 0.05) is 18.8 Å². The van der Waals surface area contributed by atoms with Crippen molar-refractivity contribution >= 4 is 22.9 Å². The molecule has 0 aliphatic rings. The summed E-state index contributed by atoms with van der Waals surface area (Å²) in [5.74, 6) is -0.408. The zero-order chi connectivity index (χ0) is 12.8. The molecule has 0 amide bonds. The number of benzene rings is 1. The van der Waals surface area contributed by atoms with Crippen molar-refractivity contribution in [3.8, 4) is 0 Å². The Kier molecular flexibility index (Phi) is 5.31. The molecule has 0 aliphatic carbocycles. The number of thiocarbonyl (C=S) groups is 1. The van der Waals surface area contributed by atoms with Gasteiger partial charge in [-0.15, -0.1) is 0 Å². The van der Waals surface area contributed by atoms with Gasteiger partial charge in [0.15, 0.2) is 0 Å². The quantitative estimate of drug-likeness (QED) is 0.767. The lowest BCUT2D eigenvalue weighted by Gasteiger charge is -2.19. The second kappa shape index (κ2) is 6.51. The Morgan fingerprint density at radius 2 is 2.29 bits per heavy atom. The predicted molar refractivity (Wildman–Crippen MR) is 71.9 cm³/mol. The molecule has 0 saturated carbocycles. The molecule has 3 nitrogen and oxygen atoms in total. The van der Waals surface area contributed by atoms with Gasteiger partial charge in [-0.2, -0.15) is 0 Å². The average molecular weight is 256 g/mol. The number of anilines is 1. The van der Waals surface area contributed by atoms with Gasteiger partial charge in [0.1, 0.15) is 10.8 Å².